The van der Waals surface area contributed by atoms with Crippen molar-refractivity contribution in [3.05, 3.63) is 61.0 Å². The Morgan fingerprint density at radius 3 is 2.45 bits per heavy atom. The third-order valence-electron chi connectivity index (χ3n) is 6.00. The normalized spacial score (nSPS) is 11.7. The number of pyridine rings is 1. The van der Waals surface area contributed by atoms with Gasteiger partial charge in [-0.05, 0) is 69.4 Å². The van der Waals surface area contributed by atoms with Gasteiger partial charge in [0.2, 0.25) is 5.91 Å². The lowest BCUT2D eigenvalue weighted by molar-refractivity contribution is -0.118. The van der Waals surface area contributed by atoms with Crippen molar-refractivity contribution in [2.75, 3.05) is 18.5 Å². The van der Waals surface area contributed by atoms with Gasteiger partial charge < -0.3 is 20.5 Å². The number of rotatable bonds is 10. The van der Waals surface area contributed by atoms with Crippen LogP contribution in [0.1, 0.15) is 65.9 Å². The van der Waals surface area contributed by atoms with Gasteiger partial charge in [0.25, 0.3) is 11.5 Å². The molecule has 0 spiro atoms. The zero-order chi connectivity index (χ0) is 24.7. The van der Waals surface area contributed by atoms with Crippen molar-refractivity contribution in [3.8, 4) is 0 Å². The third kappa shape index (κ3) is 7.19. The Bertz CT molecular complexity index is 1060. The molecule has 1 heterocycles. The van der Waals surface area contributed by atoms with Crippen molar-refractivity contribution in [2.45, 2.75) is 66.5 Å². The second-order valence-electron chi connectivity index (χ2n) is 8.52. The molecular weight excluding hydrogens is 484 g/mol. The van der Waals surface area contributed by atoms with E-state index in [2.05, 4.69) is 43.4 Å². The average molecular weight is 519 g/mol. The molecule has 2 amide bonds. The topological polar surface area (TPSA) is 94.3 Å². The molecule has 3 N–H and O–H groups in total. The molecule has 8 heteroatoms. The van der Waals surface area contributed by atoms with Crippen LogP contribution in [0.4, 0.5) is 5.69 Å². The molecule has 0 aliphatic rings. The summed E-state index contributed by atoms with van der Waals surface area (Å²) in [6.07, 6.45) is 2.75. The Morgan fingerprint density at radius 2 is 1.85 bits per heavy atom. The second-order valence-corrected chi connectivity index (χ2v) is 9.44. The highest BCUT2D eigenvalue weighted by Gasteiger charge is 2.20. The Morgan fingerprint density at radius 1 is 1.15 bits per heavy atom. The van der Waals surface area contributed by atoms with Crippen LogP contribution in [0.5, 0.6) is 0 Å². The standard InChI is InChI=1S/C25H35BrN4O3/c1-7-20(9-8-10-27-18(5)31)30(6)23-13-19(26)12-21(17(23)4)24(32)28-14-22-15(2)11-16(3)29-25(22)33/h11-13,20H,7-10,14H2,1-6H3,(H,27,31)(H,28,32)(H,29,33). The summed E-state index contributed by atoms with van der Waals surface area (Å²) in [6.45, 7) is 10.1. The second kappa shape index (κ2) is 12.0. The number of anilines is 1. The number of aromatic amines is 1. The molecule has 0 aliphatic heterocycles. The van der Waals surface area contributed by atoms with Crippen molar-refractivity contribution >= 4 is 33.4 Å². The number of nitrogens with one attached hydrogen (secondary N) is 3. The van der Waals surface area contributed by atoms with Crippen LogP contribution in [0, 0.1) is 20.8 Å². The van der Waals surface area contributed by atoms with Gasteiger partial charge in [0.1, 0.15) is 0 Å². The van der Waals surface area contributed by atoms with E-state index in [1.165, 1.54) is 6.92 Å². The molecule has 1 aromatic carbocycles. The van der Waals surface area contributed by atoms with Crippen LogP contribution in [0.15, 0.2) is 27.5 Å². The van der Waals surface area contributed by atoms with E-state index in [1.807, 2.05) is 46.0 Å². The van der Waals surface area contributed by atoms with Gasteiger partial charge in [0.15, 0.2) is 0 Å². The summed E-state index contributed by atoms with van der Waals surface area (Å²) < 4.78 is 0.817. The maximum atomic E-state index is 13.1. The molecule has 0 aliphatic carbocycles. The SMILES string of the molecule is CCC(CCCNC(C)=O)N(C)c1cc(Br)cc(C(=O)NCc2c(C)cc(C)[nH]c2=O)c1C. The monoisotopic (exact) mass is 518 g/mol. The van der Waals surface area contributed by atoms with Crippen LogP contribution < -0.4 is 21.1 Å². The summed E-state index contributed by atoms with van der Waals surface area (Å²) in [4.78, 5) is 41.5. The molecule has 2 aromatic rings. The third-order valence-corrected chi connectivity index (χ3v) is 6.45. The minimum absolute atomic E-state index is 0.0160. The highest BCUT2D eigenvalue weighted by atomic mass is 79.9. The van der Waals surface area contributed by atoms with E-state index in [4.69, 9.17) is 0 Å². The average Bonchev–Trinajstić information content (AvgIpc) is 2.73. The summed E-state index contributed by atoms with van der Waals surface area (Å²) in [5.74, 6) is -0.237. The number of H-pyrrole nitrogens is 1. The number of halogens is 1. The van der Waals surface area contributed by atoms with E-state index in [-0.39, 0.29) is 30.0 Å². The maximum absolute atomic E-state index is 13.1. The van der Waals surface area contributed by atoms with Gasteiger partial charge in [0.05, 0.1) is 0 Å². The predicted octanol–water partition coefficient (Wildman–Crippen LogP) is 4.12. The molecule has 1 atom stereocenters. The summed E-state index contributed by atoms with van der Waals surface area (Å²) in [5.41, 5.74) is 4.46. The van der Waals surface area contributed by atoms with Crippen LogP contribution in [0.2, 0.25) is 0 Å². The Labute approximate surface area is 204 Å². The first-order valence-electron chi connectivity index (χ1n) is 11.3. The number of aryl methyl sites for hydroxylation is 2. The van der Waals surface area contributed by atoms with Crippen LogP contribution in [-0.2, 0) is 11.3 Å². The van der Waals surface area contributed by atoms with Crippen molar-refractivity contribution in [3.63, 3.8) is 0 Å². The molecule has 0 saturated carbocycles. The Hall–Kier alpha value is -2.61. The minimum Gasteiger partial charge on any atom is -0.371 e. The number of aromatic nitrogens is 1. The van der Waals surface area contributed by atoms with Gasteiger partial charge in [-0.2, -0.15) is 0 Å². The van der Waals surface area contributed by atoms with Crippen LogP contribution in [0.25, 0.3) is 0 Å². The van der Waals surface area contributed by atoms with Gasteiger partial charge in [-0.25, -0.2) is 0 Å². The van der Waals surface area contributed by atoms with E-state index in [9.17, 15) is 14.4 Å². The van der Waals surface area contributed by atoms with E-state index in [1.54, 1.807) is 0 Å². The van der Waals surface area contributed by atoms with Crippen molar-refractivity contribution in [1.29, 1.82) is 0 Å². The minimum atomic E-state index is -0.221. The van der Waals surface area contributed by atoms with Crippen LogP contribution in [0.3, 0.4) is 0 Å². The Kier molecular flexibility index (Phi) is 9.70. The molecule has 1 unspecified atom stereocenters. The van der Waals surface area contributed by atoms with Gasteiger partial charge >= 0.3 is 0 Å². The molecule has 33 heavy (non-hydrogen) atoms. The number of amides is 2. The lowest BCUT2D eigenvalue weighted by Crippen LogP contribution is -2.33. The molecule has 0 bridgehead atoms. The Balaban J connectivity index is 2.19. The zero-order valence-electron chi connectivity index (χ0n) is 20.4. The molecular formula is C25H35BrN4O3. The predicted molar refractivity (Wildman–Crippen MR) is 137 cm³/mol. The maximum Gasteiger partial charge on any atom is 0.253 e. The number of hydrogen-bond acceptors (Lipinski definition) is 4. The van der Waals surface area contributed by atoms with E-state index in [0.29, 0.717) is 17.7 Å². The lowest BCUT2D eigenvalue weighted by Gasteiger charge is -2.31. The summed E-state index contributed by atoms with van der Waals surface area (Å²) in [7, 11) is 2.04. The lowest BCUT2D eigenvalue weighted by atomic mass is 10.0. The highest BCUT2D eigenvalue weighted by Crippen LogP contribution is 2.30. The number of benzene rings is 1. The first-order chi connectivity index (χ1) is 15.5. The smallest absolute Gasteiger partial charge is 0.253 e. The number of carbonyl (C=O) groups is 2. The van der Waals surface area contributed by atoms with Gasteiger partial charge in [-0.3, -0.25) is 14.4 Å². The van der Waals surface area contributed by atoms with Gasteiger partial charge in [-0.1, -0.05) is 22.9 Å². The summed E-state index contributed by atoms with van der Waals surface area (Å²) in [5, 5.41) is 5.75. The molecule has 7 nitrogen and oxygen atoms in total. The van der Waals surface area contributed by atoms with Crippen molar-refractivity contribution < 1.29 is 9.59 Å². The number of nitrogens with zero attached hydrogens (tertiary/aromatic N) is 1. The first-order valence-corrected chi connectivity index (χ1v) is 12.1. The van der Waals surface area contributed by atoms with Crippen LogP contribution >= 0.6 is 15.9 Å². The molecule has 180 valence electrons. The largest absolute Gasteiger partial charge is 0.371 e. The van der Waals surface area contributed by atoms with Crippen molar-refractivity contribution in [2.24, 2.45) is 0 Å². The summed E-state index contributed by atoms with van der Waals surface area (Å²) >= 11 is 3.55. The number of hydrogen-bond donors (Lipinski definition) is 3. The van der Waals surface area contributed by atoms with E-state index in [0.717, 1.165) is 46.2 Å². The number of carbonyl (C=O) groups excluding carboxylic acids is 2. The highest BCUT2D eigenvalue weighted by molar-refractivity contribution is 9.10. The quantitative estimate of drug-likeness (QED) is 0.412. The molecule has 0 radical (unpaired) electrons. The van der Waals surface area contributed by atoms with E-state index < -0.39 is 0 Å². The molecule has 1 aromatic heterocycles. The fourth-order valence-corrected chi connectivity index (χ4v) is 4.55. The van der Waals surface area contributed by atoms with Crippen molar-refractivity contribution in [1.82, 2.24) is 15.6 Å². The first kappa shape index (κ1) is 26.6. The summed E-state index contributed by atoms with van der Waals surface area (Å²) in [6, 6.07) is 6.01. The fraction of sp³-hybridized carbons (Fsp3) is 0.480. The van der Waals surface area contributed by atoms with Gasteiger partial charge in [-0.15, -0.1) is 0 Å². The van der Waals surface area contributed by atoms with Crippen LogP contribution in [-0.4, -0.2) is 36.4 Å². The molecule has 0 fully saturated rings. The molecule has 2 rings (SSSR count). The molecule has 0 saturated heterocycles. The fourth-order valence-electron chi connectivity index (χ4n) is 4.10. The zero-order valence-corrected chi connectivity index (χ0v) is 22.0. The van der Waals surface area contributed by atoms with E-state index >= 15 is 0 Å². The van der Waals surface area contributed by atoms with Gasteiger partial charge in [0, 0.05) is 60.1 Å².